The van der Waals surface area contributed by atoms with Gasteiger partial charge in [-0.1, -0.05) is 17.7 Å². The maximum absolute atomic E-state index is 11.5. The van der Waals surface area contributed by atoms with E-state index in [1.165, 1.54) is 29.7 Å². The Hall–Kier alpha value is -1.93. The molecule has 0 bridgehead atoms. The molecule has 3 N–H and O–H groups in total. The molecule has 7 nitrogen and oxygen atoms in total. The lowest BCUT2D eigenvalue weighted by atomic mass is 10.2. The minimum Gasteiger partial charge on any atom is -0.334 e. The van der Waals surface area contributed by atoms with E-state index in [1.807, 2.05) is 0 Å². The molecule has 1 aromatic rings. The van der Waals surface area contributed by atoms with Gasteiger partial charge in [-0.3, -0.25) is 10.2 Å². The molecule has 0 atom stereocenters. The third kappa shape index (κ3) is 3.26. The van der Waals surface area contributed by atoms with Gasteiger partial charge in [0, 0.05) is 0 Å². The summed E-state index contributed by atoms with van der Waals surface area (Å²) >= 11 is 0. The molecule has 0 spiro atoms. The molecule has 0 aliphatic rings. The Kier molecular flexibility index (Phi) is 3.81. The maximum Gasteiger partial charge on any atom is 0.413 e. The highest BCUT2D eigenvalue weighted by atomic mass is 32.2. The monoisotopic (exact) mass is 258 g/mol. The molecule has 0 heterocycles. The highest BCUT2D eigenvalue weighted by Gasteiger charge is 2.24. The molecule has 0 aliphatic carbocycles. The summed E-state index contributed by atoms with van der Waals surface area (Å²) in [6.07, 6.45) is 0. The SMILES string of the molecule is Cc1ccc(S(=O)(=O)OC(=O)C(=O)NN)cc1. The van der Waals surface area contributed by atoms with Crippen molar-refractivity contribution in [3.05, 3.63) is 29.8 Å². The van der Waals surface area contributed by atoms with Crippen LogP contribution in [-0.2, 0) is 23.9 Å². The van der Waals surface area contributed by atoms with Gasteiger partial charge >= 0.3 is 22.0 Å². The largest absolute Gasteiger partial charge is 0.413 e. The average molecular weight is 258 g/mol. The van der Waals surface area contributed by atoms with E-state index in [2.05, 4.69) is 10.0 Å². The van der Waals surface area contributed by atoms with E-state index >= 15 is 0 Å². The fourth-order valence-corrected chi connectivity index (χ4v) is 1.79. The summed E-state index contributed by atoms with van der Waals surface area (Å²) in [6.45, 7) is 1.77. The van der Waals surface area contributed by atoms with Crippen LogP contribution >= 0.6 is 0 Å². The van der Waals surface area contributed by atoms with Gasteiger partial charge in [-0.05, 0) is 19.1 Å². The number of amides is 1. The van der Waals surface area contributed by atoms with Gasteiger partial charge in [0.15, 0.2) is 0 Å². The van der Waals surface area contributed by atoms with Crippen molar-refractivity contribution in [2.45, 2.75) is 11.8 Å². The zero-order valence-corrected chi connectivity index (χ0v) is 9.65. The fourth-order valence-electron chi connectivity index (χ4n) is 0.949. The minimum absolute atomic E-state index is 0.221. The summed E-state index contributed by atoms with van der Waals surface area (Å²) in [5.41, 5.74) is 2.31. The quantitative estimate of drug-likeness (QED) is 0.236. The number of carbonyl (C=O) groups is 2. The zero-order chi connectivity index (χ0) is 13.1. The highest BCUT2D eigenvalue weighted by Crippen LogP contribution is 2.13. The van der Waals surface area contributed by atoms with Gasteiger partial charge in [0.2, 0.25) is 0 Å². The lowest BCUT2D eigenvalue weighted by Gasteiger charge is -2.04. The van der Waals surface area contributed by atoms with E-state index in [0.717, 1.165) is 5.56 Å². The van der Waals surface area contributed by atoms with E-state index in [1.54, 1.807) is 6.92 Å². The predicted molar refractivity (Wildman–Crippen MR) is 56.8 cm³/mol. The van der Waals surface area contributed by atoms with E-state index in [9.17, 15) is 18.0 Å². The van der Waals surface area contributed by atoms with Crippen molar-refractivity contribution < 1.29 is 22.2 Å². The number of aryl methyl sites for hydroxylation is 1. The average Bonchev–Trinajstić information content (AvgIpc) is 2.27. The van der Waals surface area contributed by atoms with Gasteiger partial charge in [-0.25, -0.2) is 10.6 Å². The number of nitrogens with one attached hydrogen (secondary N) is 1. The van der Waals surface area contributed by atoms with Crippen molar-refractivity contribution in [1.29, 1.82) is 0 Å². The van der Waals surface area contributed by atoms with Crippen molar-refractivity contribution in [2.24, 2.45) is 5.84 Å². The van der Waals surface area contributed by atoms with Gasteiger partial charge in [-0.2, -0.15) is 8.42 Å². The van der Waals surface area contributed by atoms with Crippen LogP contribution in [0.1, 0.15) is 5.56 Å². The predicted octanol–water partition coefficient (Wildman–Crippen LogP) is -0.783. The Morgan fingerprint density at radius 1 is 1.24 bits per heavy atom. The van der Waals surface area contributed by atoms with Crippen LogP contribution in [0.3, 0.4) is 0 Å². The number of nitrogens with two attached hydrogens (primary N) is 1. The molecule has 1 aromatic carbocycles. The summed E-state index contributed by atoms with van der Waals surface area (Å²) < 4.78 is 27.1. The molecular weight excluding hydrogens is 248 g/mol. The van der Waals surface area contributed by atoms with Crippen molar-refractivity contribution in [3.8, 4) is 0 Å². The second kappa shape index (κ2) is 4.93. The molecular formula is C9H10N2O5S. The summed E-state index contributed by atoms with van der Waals surface area (Å²) in [7, 11) is -4.30. The molecule has 0 unspecified atom stereocenters. The van der Waals surface area contributed by atoms with E-state index in [-0.39, 0.29) is 4.90 Å². The number of carbonyl (C=O) groups excluding carboxylic acids is 2. The molecule has 8 heteroatoms. The Balaban J connectivity index is 2.93. The molecule has 1 amide bonds. The first kappa shape index (κ1) is 13.1. The Morgan fingerprint density at radius 3 is 2.24 bits per heavy atom. The zero-order valence-electron chi connectivity index (χ0n) is 8.84. The fraction of sp³-hybridized carbons (Fsp3) is 0.111. The van der Waals surface area contributed by atoms with Crippen LogP contribution < -0.4 is 11.3 Å². The second-order valence-corrected chi connectivity index (χ2v) is 4.66. The minimum atomic E-state index is -4.30. The molecule has 0 aromatic heterocycles. The number of benzene rings is 1. The first-order chi connectivity index (χ1) is 7.86. The second-order valence-electron chi connectivity index (χ2n) is 3.11. The van der Waals surface area contributed by atoms with Gasteiger partial charge in [0.25, 0.3) is 0 Å². The lowest BCUT2D eigenvalue weighted by Crippen LogP contribution is -2.38. The van der Waals surface area contributed by atoms with Crippen LogP contribution in [0.15, 0.2) is 29.2 Å². The van der Waals surface area contributed by atoms with Crippen LogP contribution in [0.5, 0.6) is 0 Å². The van der Waals surface area contributed by atoms with Crippen LogP contribution in [0.2, 0.25) is 0 Å². The molecule has 17 heavy (non-hydrogen) atoms. The normalized spacial score (nSPS) is 10.7. The van der Waals surface area contributed by atoms with Gasteiger partial charge in [0.05, 0.1) is 0 Å². The number of hydrogen-bond acceptors (Lipinski definition) is 6. The van der Waals surface area contributed by atoms with Crippen LogP contribution in [0, 0.1) is 6.92 Å². The molecule has 0 radical (unpaired) electrons. The molecule has 0 aliphatic heterocycles. The Labute approximate surface area is 97.7 Å². The molecule has 0 saturated heterocycles. The van der Waals surface area contributed by atoms with Crippen LogP contribution in [0.25, 0.3) is 0 Å². The lowest BCUT2D eigenvalue weighted by molar-refractivity contribution is -0.147. The van der Waals surface area contributed by atoms with Crippen molar-refractivity contribution in [1.82, 2.24) is 5.43 Å². The molecule has 0 saturated carbocycles. The van der Waals surface area contributed by atoms with Gasteiger partial charge in [0.1, 0.15) is 4.90 Å². The van der Waals surface area contributed by atoms with Crippen LogP contribution in [0.4, 0.5) is 0 Å². The smallest absolute Gasteiger partial charge is 0.334 e. The topological polar surface area (TPSA) is 116 Å². The van der Waals surface area contributed by atoms with Crippen molar-refractivity contribution >= 4 is 22.0 Å². The summed E-state index contributed by atoms with van der Waals surface area (Å²) in [6, 6.07) is 5.59. The highest BCUT2D eigenvalue weighted by molar-refractivity contribution is 7.87. The Bertz CT molecular complexity index is 535. The first-order valence-corrected chi connectivity index (χ1v) is 5.83. The third-order valence-corrected chi connectivity index (χ3v) is 3.03. The molecule has 92 valence electrons. The summed E-state index contributed by atoms with van der Waals surface area (Å²) in [5, 5.41) is 0. The van der Waals surface area contributed by atoms with E-state index < -0.39 is 22.0 Å². The van der Waals surface area contributed by atoms with E-state index in [0.29, 0.717) is 0 Å². The maximum atomic E-state index is 11.5. The Morgan fingerprint density at radius 2 is 1.76 bits per heavy atom. The first-order valence-electron chi connectivity index (χ1n) is 4.43. The van der Waals surface area contributed by atoms with Crippen LogP contribution in [-0.4, -0.2) is 20.3 Å². The standard InChI is InChI=1S/C9H10N2O5S/c1-6-2-4-7(5-3-6)17(14,15)16-9(13)8(12)11-10/h2-5H,10H2,1H3,(H,11,12). The number of hydrogen-bond donors (Lipinski definition) is 2. The summed E-state index contributed by atoms with van der Waals surface area (Å²) in [4.78, 5) is 21.4. The van der Waals surface area contributed by atoms with E-state index in [4.69, 9.17) is 0 Å². The molecule has 1 rings (SSSR count). The molecule has 0 fully saturated rings. The number of hydrazine groups is 1. The number of rotatable bonds is 2. The van der Waals surface area contributed by atoms with Crippen molar-refractivity contribution in [2.75, 3.05) is 0 Å². The summed E-state index contributed by atoms with van der Waals surface area (Å²) in [5.74, 6) is 1.72. The third-order valence-electron chi connectivity index (χ3n) is 1.81. The van der Waals surface area contributed by atoms with Gasteiger partial charge < -0.3 is 4.18 Å². The van der Waals surface area contributed by atoms with Gasteiger partial charge in [-0.15, -0.1) is 0 Å². The van der Waals surface area contributed by atoms with Crippen molar-refractivity contribution in [3.63, 3.8) is 0 Å².